The largest absolute Gasteiger partial charge is 0.491 e. The fourth-order valence-corrected chi connectivity index (χ4v) is 1.71. The first kappa shape index (κ1) is 15.3. The number of methoxy groups -OCH3 is 1. The first-order chi connectivity index (χ1) is 8.83. The third-order valence-corrected chi connectivity index (χ3v) is 2.76. The van der Waals surface area contributed by atoms with E-state index in [1.54, 1.807) is 18.2 Å². The standard InChI is InChI=1S/C15H23NO3/c1-15(2,3)8-5-9-19-13-7-6-11(10-12(13)16)14(17)18-4/h6-7,10H,5,8-9,16H2,1-4H3. The molecule has 0 saturated carbocycles. The fraction of sp³-hybridized carbons (Fsp3) is 0.533. The lowest BCUT2D eigenvalue weighted by molar-refractivity contribution is 0.0600. The summed E-state index contributed by atoms with van der Waals surface area (Å²) in [5.74, 6) is 0.215. The molecule has 106 valence electrons. The summed E-state index contributed by atoms with van der Waals surface area (Å²) < 4.78 is 10.3. The van der Waals surface area contributed by atoms with Crippen LogP contribution >= 0.6 is 0 Å². The molecule has 0 bridgehead atoms. The molecule has 0 amide bonds. The van der Waals surface area contributed by atoms with Gasteiger partial charge in [-0.2, -0.15) is 0 Å². The Morgan fingerprint density at radius 3 is 2.53 bits per heavy atom. The third-order valence-electron chi connectivity index (χ3n) is 2.76. The molecule has 0 atom stereocenters. The highest BCUT2D eigenvalue weighted by Gasteiger charge is 2.11. The van der Waals surface area contributed by atoms with Crippen LogP contribution in [0.5, 0.6) is 5.75 Å². The van der Waals surface area contributed by atoms with Crippen LogP contribution in [0, 0.1) is 5.41 Å². The first-order valence-electron chi connectivity index (χ1n) is 6.44. The topological polar surface area (TPSA) is 61.5 Å². The van der Waals surface area contributed by atoms with Gasteiger partial charge in [0.05, 0.1) is 25.0 Å². The van der Waals surface area contributed by atoms with Gasteiger partial charge >= 0.3 is 5.97 Å². The Labute approximate surface area is 114 Å². The molecule has 1 aromatic rings. The van der Waals surface area contributed by atoms with Crippen LogP contribution in [-0.2, 0) is 4.74 Å². The van der Waals surface area contributed by atoms with Crippen LogP contribution in [0.3, 0.4) is 0 Å². The number of esters is 1. The lowest BCUT2D eigenvalue weighted by Crippen LogP contribution is -2.09. The molecular formula is C15H23NO3. The van der Waals surface area contributed by atoms with E-state index in [2.05, 4.69) is 25.5 Å². The molecule has 1 aromatic carbocycles. The van der Waals surface area contributed by atoms with Gasteiger partial charge in [-0.15, -0.1) is 0 Å². The van der Waals surface area contributed by atoms with E-state index >= 15 is 0 Å². The minimum absolute atomic E-state index is 0.309. The number of hydrogen-bond donors (Lipinski definition) is 1. The van der Waals surface area contributed by atoms with Crippen molar-refractivity contribution >= 4 is 11.7 Å². The lowest BCUT2D eigenvalue weighted by atomic mass is 9.91. The van der Waals surface area contributed by atoms with Crippen molar-refractivity contribution in [3.8, 4) is 5.75 Å². The summed E-state index contributed by atoms with van der Waals surface area (Å²) in [6.45, 7) is 7.23. The van der Waals surface area contributed by atoms with E-state index in [0.29, 0.717) is 29.0 Å². The Morgan fingerprint density at radius 1 is 1.32 bits per heavy atom. The summed E-state index contributed by atoms with van der Waals surface area (Å²) in [6, 6.07) is 4.94. The number of nitrogen functional groups attached to an aromatic ring is 1. The van der Waals surface area contributed by atoms with Crippen molar-refractivity contribution in [2.24, 2.45) is 5.41 Å². The van der Waals surface area contributed by atoms with E-state index in [1.807, 2.05) is 0 Å². The van der Waals surface area contributed by atoms with E-state index in [-0.39, 0.29) is 0 Å². The Bertz CT molecular complexity index is 436. The van der Waals surface area contributed by atoms with Crippen LogP contribution in [0.25, 0.3) is 0 Å². The van der Waals surface area contributed by atoms with Gasteiger partial charge in [-0.1, -0.05) is 20.8 Å². The second-order valence-electron chi connectivity index (χ2n) is 5.76. The molecule has 0 heterocycles. The van der Waals surface area contributed by atoms with E-state index in [9.17, 15) is 4.79 Å². The van der Waals surface area contributed by atoms with E-state index in [4.69, 9.17) is 10.5 Å². The summed E-state index contributed by atoms with van der Waals surface area (Å²) in [7, 11) is 1.34. The second kappa shape index (κ2) is 6.45. The van der Waals surface area contributed by atoms with Crippen LogP contribution in [0.1, 0.15) is 44.0 Å². The number of hydrogen-bond acceptors (Lipinski definition) is 4. The summed E-state index contributed by atoms with van der Waals surface area (Å²) in [4.78, 5) is 11.3. The highest BCUT2D eigenvalue weighted by molar-refractivity contribution is 5.90. The SMILES string of the molecule is COC(=O)c1ccc(OCCCC(C)(C)C)c(N)c1. The highest BCUT2D eigenvalue weighted by atomic mass is 16.5. The Morgan fingerprint density at radius 2 is 2.00 bits per heavy atom. The molecule has 0 fully saturated rings. The van der Waals surface area contributed by atoms with Gasteiger partial charge in [-0.05, 0) is 36.5 Å². The number of rotatable bonds is 5. The number of benzene rings is 1. The zero-order valence-corrected chi connectivity index (χ0v) is 12.2. The average Bonchev–Trinajstić information content (AvgIpc) is 2.33. The molecule has 2 N–H and O–H groups in total. The number of anilines is 1. The number of ether oxygens (including phenoxy) is 2. The van der Waals surface area contributed by atoms with Crippen LogP contribution in [0.2, 0.25) is 0 Å². The normalized spacial score (nSPS) is 11.2. The number of nitrogens with two attached hydrogens (primary N) is 1. The van der Waals surface area contributed by atoms with Crippen LogP contribution in [-0.4, -0.2) is 19.7 Å². The van der Waals surface area contributed by atoms with Crippen LogP contribution in [0.15, 0.2) is 18.2 Å². The summed E-state index contributed by atoms with van der Waals surface area (Å²) in [5, 5.41) is 0. The molecule has 0 unspecified atom stereocenters. The van der Waals surface area contributed by atoms with Crippen molar-refractivity contribution in [1.82, 2.24) is 0 Å². The number of carbonyl (C=O) groups excluding carboxylic acids is 1. The molecule has 0 aliphatic rings. The minimum Gasteiger partial charge on any atom is -0.491 e. The first-order valence-corrected chi connectivity index (χ1v) is 6.44. The van der Waals surface area contributed by atoms with Gasteiger partial charge in [-0.3, -0.25) is 0 Å². The third kappa shape index (κ3) is 5.20. The van der Waals surface area contributed by atoms with Crippen molar-refractivity contribution in [2.45, 2.75) is 33.6 Å². The molecule has 0 aromatic heterocycles. The predicted molar refractivity (Wildman–Crippen MR) is 76.4 cm³/mol. The Kier molecular flexibility index (Phi) is 5.21. The molecule has 0 aliphatic heterocycles. The Balaban J connectivity index is 2.54. The summed E-state index contributed by atoms with van der Waals surface area (Å²) >= 11 is 0. The van der Waals surface area contributed by atoms with Crippen molar-refractivity contribution in [2.75, 3.05) is 19.5 Å². The maximum Gasteiger partial charge on any atom is 0.337 e. The van der Waals surface area contributed by atoms with E-state index in [0.717, 1.165) is 12.8 Å². The van der Waals surface area contributed by atoms with Gasteiger partial charge in [0.1, 0.15) is 5.75 Å². The maximum atomic E-state index is 11.3. The fourth-order valence-electron chi connectivity index (χ4n) is 1.71. The van der Waals surface area contributed by atoms with Crippen molar-refractivity contribution in [3.63, 3.8) is 0 Å². The molecule has 4 heteroatoms. The maximum absolute atomic E-state index is 11.3. The van der Waals surface area contributed by atoms with Crippen molar-refractivity contribution in [3.05, 3.63) is 23.8 Å². The molecule has 0 saturated heterocycles. The molecule has 4 nitrogen and oxygen atoms in total. The van der Waals surface area contributed by atoms with Gasteiger partial charge in [0.2, 0.25) is 0 Å². The predicted octanol–water partition coefficient (Wildman–Crippen LogP) is 3.26. The molecule has 0 spiro atoms. The minimum atomic E-state index is -0.397. The number of carbonyl (C=O) groups is 1. The summed E-state index contributed by atoms with van der Waals surface area (Å²) in [6.07, 6.45) is 2.06. The molecular weight excluding hydrogens is 242 g/mol. The lowest BCUT2D eigenvalue weighted by Gasteiger charge is -2.18. The molecule has 0 aliphatic carbocycles. The Hall–Kier alpha value is -1.71. The van der Waals surface area contributed by atoms with Gasteiger partial charge in [0.15, 0.2) is 0 Å². The van der Waals surface area contributed by atoms with Gasteiger partial charge in [-0.25, -0.2) is 4.79 Å². The van der Waals surface area contributed by atoms with Crippen molar-refractivity contribution < 1.29 is 14.3 Å². The van der Waals surface area contributed by atoms with E-state index in [1.165, 1.54) is 7.11 Å². The van der Waals surface area contributed by atoms with Crippen molar-refractivity contribution in [1.29, 1.82) is 0 Å². The average molecular weight is 265 g/mol. The second-order valence-corrected chi connectivity index (χ2v) is 5.76. The quantitative estimate of drug-likeness (QED) is 0.504. The smallest absolute Gasteiger partial charge is 0.337 e. The summed E-state index contributed by atoms with van der Waals surface area (Å²) in [5.41, 5.74) is 7.05. The zero-order valence-electron chi connectivity index (χ0n) is 12.2. The van der Waals surface area contributed by atoms with Gasteiger partial charge < -0.3 is 15.2 Å². The molecule has 0 radical (unpaired) electrons. The molecule has 1 rings (SSSR count). The van der Waals surface area contributed by atoms with Gasteiger partial charge in [0, 0.05) is 0 Å². The zero-order chi connectivity index (χ0) is 14.5. The highest BCUT2D eigenvalue weighted by Crippen LogP contribution is 2.24. The van der Waals surface area contributed by atoms with E-state index < -0.39 is 5.97 Å². The molecule has 19 heavy (non-hydrogen) atoms. The van der Waals surface area contributed by atoms with Crippen LogP contribution in [0.4, 0.5) is 5.69 Å². The van der Waals surface area contributed by atoms with Crippen LogP contribution < -0.4 is 10.5 Å². The monoisotopic (exact) mass is 265 g/mol. The van der Waals surface area contributed by atoms with Gasteiger partial charge in [0.25, 0.3) is 0 Å².